The summed E-state index contributed by atoms with van der Waals surface area (Å²) in [5.41, 5.74) is 0. The van der Waals surface area contributed by atoms with Gasteiger partial charge in [-0.25, -0.2) is 0 Å². The molecule has 0 aromatic rings. The minimum absolute atomic E-state index is 0. The zero-order chi connectivity index (χ0) is 4.50. The highest BCUT2D eigenvalue weighted by molar-refractivity contribution is 8.09. The van der Waals surface area contributed by atoms with E-state index in [9.17, 15) is 0 Å². The highest BCUT2D eigenvalue weighted by atomic mass is 35.7. The molecular formula is CH5ClO3S. The summed E-state index contributed by atoms with van der Waals surface area (Å²) in [6.45, 7) is 0. The van der Waals surface area contributed by atoms with Gasteiger partial charge in [-0.3, -0.25) is 4.55 Å². The fourth-order valence-corrected chi connectivity index (χ4v) is 0. The monoisotopic (exact) mass is 132 g/mol. The van der Waals surface area contributed by atoms with Crippen LogP contribution in [0.1, 0.15) is 7.43 Å². The Balaban J connectivity index is 0. The van der Waals surface area contributed by atoms with Crippen LogP contribution in [0, 0.1) is 0 Å². The van der Waals surface area contributed by atoms with Crippen LogP contribution in [0.4, 0.5) is 0 Å². The molecule has 1 N–H and O–H groups in total. The molecule has 40 valence electrons. The molecule has 0 aliphatic rings. The van der Waals surface area contributed by atoms with Crippen molar-refractivity contribution in [1.29, 1.82) is 0 Å². The molecule has 6 heavy (non-hydrogen) atoms. The Kier molecular flexibility index (Phi) is 3.78. The van der Waals surface area contributed by atoms with Crippen LogP contribution in [-0.4, -0.2) is 13.0 Å². The highest BCUT2D eigenvalue weighted by Crippen LogP contribution is 1.82. The summed E-state index contributed by atoms with van der Waals surface area (Å²) >= 11 is 0. The van der Waals surface area contributed by atoms with E-state index >= 15 is 0 Å². The van der Waals surface area contributed by atoms with Crippen LogP contribution in [0.5, 0.6) is 0 Å². The molecule has 0 saturated carbocycles. The van der Waals surface area contributed by atoms with Crippen molar-refractivity contribution in [3.05, 3.63) is 0 Å². The molecule has 0 amide bonds. The van der Waals surface area contributed by atoms with E-state index in [1.807, 2.05) is 0 Å². The fraction of sp³-hybridized carbons (Fsp3) is 1.00. The van der Waals surface area contributed by atoms with E-state index in [4.69, 9.17) is 13.0 Å². The number of halogens is 1. The molecule has 0 rings (SSSR count). The molecule has 0 atom stereocenters. The minimum atomic E-state index is -4.19. The van der Waals surface area contributed by atoms with Gasteiger partial charge in [0, 0.05) is 10.7 Å². The van der Waals surface area contributed by atoms with Gasteiger partial charge < -0.3 is 0 Å². The lowest BCUT2D eigenvalue weighted by Crippen LogP contribution is -1.77. The van der Waals surface area contributed by atoms with E-state index < -0.39 is 9.33 Å². The van der Waals surface area contributed by atoms with Gasteiger partial charge in [0.05, 0.1) is 0 Å². The van der Waals surface area contributed by atoms with Gasteiger partial charge in [-0.15, -0.1) is 0 Å². The summed E-state index contributed by atoms with van der Waals surface area (Å²) < 4.78 is 25.2. The first-order valence-corrected chi connectivity index (χ1v) is 2.94. The smallest absolute Gasteiger partial charge is 0.273 e. The van der Waals surface area contributed by atoms with Gasteiger partial charge in [0.2, 0.25) is 0 Å². The zero-order valence-corrected chi connectivity index (χ0v) is 3.62. The summed E-state index contributed by atoms with van der Waals surface area (Å²) in [4.78, 5) is 0. The molecule has 0 aromatic heterocycles. The van der Waals surface area contributed by atoms with E-state index in [1.54, 1.807) is 0 Å². The lowest BCUT2D eigenvalue weighted by Gasteiger charge is -1.65. The second-order valence-corrected chi connectivity index (χ2v) is 2.41. The Morgan fingerprint density at radius 1 is 1.50 bits per heavy atom. The second kappa shape index (κ2) is 2.39. The first kappa shape index (κ1) is 9.50. The lowest BCUT2D eigenvalue weighted by atomic mass is 12.0. The standard InChI is InChI=1S/CH4.ClHO3S/c;1-5(2,3)4/h1H4;(H,2,3,4). The molecular weight excluding hydrogens is 128 g/mol. The van der Waals surface area contributed by atoms with Crippen molar-refractivity contribution in [2.75, 3.05) is 0 Å². The molecule has 0 radical (unpaired) electrons. The summed E-state index contributed by atoms with van der Waals surface area (Å²) in [5, 5.41) is 0. The van der Waals surface area contributed by atoms with Crippen LogP contribution in [0.25, 0.3) is 0 Å². The largest absolute Gasteiger partial charge is 0.353 e. The van der Waals surface area contributed by atoms with Gasteiger partial charge in [0.25, 0.3) is 0 Å². The summed E-state index contributed by atoms with van der Waals surface area (Å²) in [5.74, 6) is 0. The third-order valence-electron chi connectivity index (χ3n) is 0. The molecule has 0 heterocycles. The van der Waals surface area contributed by atoms with E-state index in [0.717, 1.165) is 0 Å². The number of hydrogen-bond donors (Lipinski definition) is 1. The zero-order valence-electron chi connectivity index (χ0n) is 2.05. The van der Waals surface area contributed by atoms with Crippen LogP contribution in [-0.2, 0) is 9.33 Å². The number of rotatable bonds is 0. The summed E-state index contributed by atoms with van der Waals surface area (Å²) in [6, 6.07) is 0. The quantitative estimate of drug-likeness (QED) is 0.389. The molecule has 0 spiro atoms. The van der Waals surface area contributed by atoms with Gasteiger partial charge in [-0.2, -0.15) is 8.42 Å². The first-order chi connectivity index (χ1) is 2.00. The van der Waals surface area contributed by atoms with Crippen molar-refractivity contribution in [2.45, 2.75) is 7.43 Å². The first-order valence-electron chi connectivity index (χ1n) is 0.670. The lowest BCUT2D eigenvalue weighted by molar-refractivity contribution is 0.501. The fourth-order valence-electron chi connectivity index (χ4n) is 0. The van der Waals surface area contributed by atoms with Crippen LogP contribution in [0.2, 0.25) is 0 Å². The van der Waals surface area contributed by atoms with Crippen molar-refractivity contribution in [3.8, 4) is 0 Å². The normalized spacial score (nSPS) is 9.67. The van der Waals surface area contributed by atoms with Gasteiger partial charge >= 0.3 is 9.33 Å². The maximum absolute atomic E-state index is 8.95. The molecule has 0 aromatic carbocycles. The average Bonchev–Trinajstić information content (AvgIpc) is 0.722. The Morgan fingerprint density at radius 3 is 1.50 bits per heavy atom. The maximum Gasteiger partial charge on any atom is 0.353 e. The van der Waals surface area contributed by atoms with E-state index in [1.165, 1.54) is 0 Å². The van der Waals surface area contributed by atoms with Gasteiger partial charge in [-0.1, -0.05) is 7.43 Å². The highest BCUT2D eigenvalue weighted by Gasteiger charge is 1.86. The van der Waals surface area contributed by atoms with Crippen molar-refractivity contribution >= 4 is 20.0 Å². The van der Waals surface area contributed by atoms with Crippen LogP contribution < -0.4 is 0 Å². The van der Waals surface area contributed by atoms with Crippen LogP contribution in [0.15, 0.2) is 0 Å². The molecule has 0 saturated heterocycles. The van der Waals surface area contributed by atoms with E-state index in [2.05, 4.69) is 10.7 Å². The molecule has 0 aliphatic heterocycles. The Bertz CT molecular complexity index is 94.0. The third kappa shape index (κ3) is 1080. The van der Waals surface area contributed by atoms with Crippen LogP contribution in [0.3, 0.4) is 0 Å². The average molecular weight is 133 g/mol. The van der Waals surface area contributed by atoms with Crippen molar-refractivity contribution < 1.29 is 13.0 Å². The van der Waals surface area contributed by atoms with Gasteiger partial charge in [-0.05, 0) is 0 Å². The van der Waals surface area contributed by atoms with Crippen molar-refractivity contribution in [3.63, 3.8) is 0 Å². The number of hydrogen-bond acceptors (Lipinski definition) is 2. The van der Waals surface area contributed by atoms with Crippen molar-refractivity contribution in [1.82, 2.24) is 0 Å². The predicted octanol–water partition coefficient (Wildman–Crippen LogP) is 0.664. The maximum atomic E-state index is 8.95. The van der Waals surface area contributed by atoms with Crippen LogP contribution >= 0.6 is 10.7 Å². The van der Waals surface area contributed by atoms with E-state index in [0.29, 0.717) is 0 Å². The van der Waals surface area contributed by atoms with Crippen molar-refractivity contribution in [2.24, 2.45) is 0 Å². The minimum Gasteiger partial charge on any atom is -0.273 e. The molecule has 0 bridgehead atoms. The third-order valence-corrected chi connectivity index (χ3v) is 0. The molecule has 0 unspecified atom stereocenters. The molecule has 0 aliphatic carbocycles. The summed E-state index contributed by atoms with van der Waals surface area (Å²) in [7, 11) is -0.137. The topological polar surface area (TPSA) is 54.4 Å². The van der Waals surface area contributed by atoms with Gasteiger partial charge in [0.1, 0.15) is 0 Å². The molecule has 3 nitrogen and oxygen atoms in total. The second-order valence-electron chi connectivity index (χ2n) is 0.412. The van der Waals surface area contributed by atoms with Gasteiger partial charge in [0.15, 0.2) is 0 Å². The SMILES string of the molecule is C.O=S(=O)(O)Cl. The Morgan fingerprint density at radius 2 is 1.50 bits per heavy atom. The Hall–Kier alpha value is 0.200. The molecule has 5 heteroatoms. The predicted molar refractivity (Wildman–Crippen MR) is 24.1 cm³/mol. The Labute approximate surface area is 41.2 Å². The summed E-state index contributed by atoms with van der Waals surface area (Å²) in [6.07, 6.45) is 0. The van der Waals surface area contributed by atoms with E-state index in [-0.39, 0.29) is 7.43 Å². The molecule has 0 fully saturated rings.